The summed E-state index contributed by atoms with van der Waals surface area (Å²) < 4.78 is 0.969. The highest BCUT2D eigenvalue weighted by Gasteiger charge is 2.11. The van der Waals surface area contributed by atoms with E-state index in [4.69, 9.17) is 23.2 Å². The predicted octanol–water partition coefficient (Wildman–Crippen LogP) is 3.70. The van der Waals surface area contributed by atoms with Gasteiger partial charge in [-0.1, -0.05) is 49.2 Å². The monoisotopic (exact) mass is 353 g/mol. The minimum atomic E-state index is -0.596. The third-order valence-electron chi connectivity index (χ3n) is 3.61. The average molecular weight is 354 g/mol. The molecule has 2 aromatic rings. The molecule has 1 aromatic heterocycles. The number of rotatable bonds is 5. The normalized spacial score (nSPS) is 12.0. The number of hydrogen-bond donors (Lipinski definition) is 1. The van der Waals surface area contributed by atoms with Gasteiger partial charge in [0.2, 0.25) is 5.91 Å². The first-order valence-corrected chi connectivity index (χ1v) is 7.99. The van der Waals surface area contributed by atoms with Crippen LogP contribution in [0.3, 0.4) is 0 Å². The van der Waals surface area contributed by atoms with E-state index in [0.717, 1.165) is 11.1 Å². The number of benzene rings is 1. The van der Waals surface area contributed by atoms with Crippen molar-refractivity contribution >= 4 is 34.8 Å². The van der Waals surface area contributed by atoms with E-state index in [9.17, 15) is 9.59 Å². The van der Waals surface area contributed by atoms with E-state index in [1.165, 1.54) is 11.8 Å². The van der Waals surface area contributed by atoms with Crippen molar-refractivity contribution in [1.82, 2.24) is 9.78 Å². The average Bonchev–Trinajstić information content (AvgIpc) is 2.55. The Hall–Kier alpha value is -1.85. The maximum Gasteiger partial charge on any atom is 0.287 e. The van der Waals surface area contributed by atoms with E-state index in [0.29, 0.717) is 11.6 Å². The molecule has 5 nitrogen and oxygen atoms in total. The predicted molar refractivity (Wildman–Crippen MR) is 92.3 cm³/mol. The van der Waals surface area contributed by atoms with Crippen LogP contribution in [0, 0.1) is 0 Å². The van der Waals surface area contributed by atoms with Gasteiger partial charge in [-0.25, -0.2) is 4.68 Å². The first-order chi connectivity index (χ1) is 10.9. The Morgan fingerprint density at radius 2 is 1.96 bits per heavy atom. The molecule has 1 aromatic carbocycles. The van der Waals surface area contributed by atoms with Crippen molar-refractivity contribution in [3.8, 4) is 0 Å². The van der Waals surface area contributed by atoms with Crippen LogP contribution in [-0.2, 0) is 11.3 Å². The molecule has 0 spiro atoms. The zero-order chi connectivity index (χ0) is 17.0. The van der Waals surface area contributed by atoms with E-state index >= 15 is 0 Å². The number of carbonyl (C=O) groups excluding carboxylic acids is 1. The Labute approximate surface area is 144 Å². The van der Waals surface area contributed by atoms with Crippen molar-refractivity contribution in [2.75, 3.05) is 5.32 Å². The molecule has 1 atom stereocenters. The summed E-state index contributed by atoms with van der Waals surface area (Å²) in [5, 5.41) is 6.43. The molecular weight excluding hydrogens is 337 g/mol. The van der Waals surface area contributed by atoms with Gasteiger partial charge in [0.05, 0.1) is 11.2 Å². The molecule has 0 radical (unpaired) electrons. The first-order valence-electron chi connectivity index (χ1n) is 7.23. The molecule has 1 unspecified atom stereocenters. The van der Waals surface area contributed by atoms with Crippen LogP contribution in [0.1, 0.15) is 31.7 Å². The fraction of sp³-hybridized carbons (Fsp3) is 0.312. The molecular formula is C16H17Cl2N3O2. The SMILES string of the molecule is CCC(C)c1ccc(NC(=O)Cn2ncc(Cl)c(Cl)c2=O)cc1. The van der Waals surface area contributed by atoms with Gasteiger partial charge in [0.15, 0.2) is 0 Å². The summed E-state index contributed by atoms with van der Waals surface area (Å²) in [5.74, 6) is 0.105. The van der Waals surface area contributed by atoms with Crippen molar-refractivity contribution in [3.05, 3.63) is 56.4 Å². The molecule has 1 amide bonds. The Balaban J connectivity index is 2.05. The van der Waals surface area contributed by atoms with Crippen LogP contribution in [0.2, 0.25) is 10.0 Å². The smallest absolute Gasteiger partial charge is 0.287 e. The van der Waals surface area contributed by atoms with Gasteiger partial charge in [-0.2, -0.15) is 5.10 Å². The van der Waals surface area contributed by atoms with E-state index < -0.39 is 5.56 Å². The second-order valence-corrected chi connectivity index (χ2v) is 6.03. The van der Waals surface area contributed by atoms with Gasteiger partial charge >= 0.3 is 0 Å². The van der Waals surface area contributed by atoms with Crippen LogP contribution in [0.15, 0.2) is 35.3 Å². The summed E-state index contributed by atoms with van der Waals surface area (Å²) in [6, 6.07) is 7.63. The standard InChI is InChI=1S/C16H17Cl2N3O2/c1-3-10(2)11-4-6-12(7-5-11)20-14(22)9-21-16(23)15(18)13(17)8-19-21/h4-8,10H,3,9H2,1-2H3,(H,20,22). The Morgan fingerprint density at radius 3 is 2.57 bits per heavy atom. The molecule has 23 heavy (non-hydrogen) atoms. The van der Waals surface area contributed by atoms with Gasteiger partial charge in [-0.15, -0.1) is 0 Å². The molecule has 2 rings (SSSR count). The highest BCUT2D eigenvalue weighted by Crippen LogP contribution is 2.20. The highest BCUT2D eigenvalue weighted by atomic mass is 35.5. The Morgan fingerprint density at radius 1 is 1.30 bits per heavy atom. The third-order valence-corrected chi connectivity index (χ3v) is 4.36. The summed E-state index contributed by atoms with van der Waals surface area (Å²) in [7, 11) is 0. The first kappa shape index (κ1) is 17.5. The van der Waals surface area contributed by atoms with Crippen molar-refractivity contribution < 1.29 is 4.79 Å². The number of halogens is 2. The molecule has 122 valence electrons. The minimum Gasteiger partial charge on any atom is -0.324 e. The van der Waals surface area contributed by atoms with E-state index in [-0.39, 0.29) is 22.5 Å². The van der Waals surface area contributed by atoms with Crippen molar-refractivity contribution in [3.63, 3.8) is 0 Å². The molecule has 7 heteroatoms. The third kappa shape index (κ3) is 4.33. The molecule has 0 fully saturated rings. The Kier molecular flexibility index (Phi) is 5.80. The molecule has 0 saturated carbocycles. The van der Waals surface area contributed by atoms with E-state index in [1.807, 2.05) is 24.3 Å². The van der Waals surface area contributed by atoms with Crippen LogP contribution in [-0.4, -0.2) is 15.7 Å². The van der Waals surface area contributed by atoms with Gasteiger partial charge in [0, 0.05) is 5.69 Å². The number of nitrogens with one attached hydrogen (secondary N) is 1. The zero-order valence-corrected chi connectivity index (χ0v) is 14.4. The van der Waals surface area contributed by atoms with Gasteiger partial charge in [-0.3, -0.25) is 9.59 Å². The van der Waals surface area contributed by atoms with Crippen molar-refractivity contribution in [1.29, 1.82) is 0 Å². The van der Waals surface area contributed by atoms with Crippen LogP contribution < -0.4 is 10.9 Å². The number of carbonyl (C=O) groups is 1. The summed E-state index contributed by atoms with van der Waals surface area (Å²) in [4.78, 5) is 23.9. The quantitative estimate of drug-likeness (QED) is 0.890. The lowest BCUT2D eigenvalue weighted by Gasteiger charge is -2.11. The van der Waals surface area contributed by atoms with E-state index in [1.54, 1.807) is 0 Å². The largest absolute Gasteiger partial charge is 0.324 e. The highest BCUT2D eigenvalue weighted by molar-refractivity contribution is 6.41. The van der Waals surface area contributed by atoms with Crippen LogP contribution >= 0.6 is 23.2 Å². The topological polar surface area (TPSA) is 64.0 Å². The molecule has 0 aliphatic carbocycles. The van der Waals surface area contributed by atoms with Gasteiger partial charge < -0.3 is 5.32 Å². The molecule has 0 aliphatic heterocycles. The molecule has 0 bridgehead atoms. The van der Waals surface area contributed by atoms with Gasteiger partial charge in [0.1, 0.15) is 11.6 Å². The summed E-state index contributed by atoms with van der Waals surface area (Å²) >= 11 is 11.4. The zero-order valence-electron chi connectivity index (χ0n) is 12.8. The molecule has 1 N–H and O–H groups in total. The Bertz CT molecular complexity index is 757. The van der Waals surface area contributed by atoms with Crippen LogP contribution in [0.4, 0.5) is 5.69 Å². The van der Waals surface area contributed by atoms with E-state index in [2.05, 4.69) is 24.3 Å². The minimum absolute atomic E-state index is 0.0638. The fourth-order valence-electron chi connectivity index (χ4n) is 2.02. The molecule has 0 aliphatic rings. The maximum atomic E-state index is 12.0. The van der Waals surface area contributed by atoms with Gasteiger partial charge in [-0.05, 0) is 30.0 Å². The lowest BCUT2D eigenvalue weighted by atomic mass is 9.99. The summed E-state index contributed by atoms with van der Waals surface area (Å²) in [6.45, 7) is 4.04. The van der Waals surface area contributed by atoms with Crippen LogP contribution in [0.25, 0.3) is 0 Å². The number of hydrogen-bond acceptors (Lipinski definition) is 3. The number of nitrogens with zero attached hydrogens (tertiary/aromatic N) is 2. The number of aromatic nitrogens is 2. The summed E-state index contributed by atoms with van der Waals surface area (Å²) in [6.07, 6.45) is 2.29. The maximum absolute atomic E-state index is 12.0. The lowest BCUT2D eigenvalue weighted by Crippen LogP contribution is -2.29. The van der Waals surface area contributed by atoms with Gasteiger partial charge in [0.25, 0.3) is 5.56 Å². The summed E-state index contributed by atoms with van der Waals surface area (Å²) in [5.41, 5.74) is 1.28. The van der Waals surface area contributed by atoms with Crippen molar-refractivity contribution in [2.45, 2.75) is 32.7 Å². The molecule has 1 heterocycles. The second-order valence-electron chi connectivity index (χ2n) is 5.25. The fourth-order valence-corrected chi connectivity index (χ4v) is 2.30. The van der Waals surface area contributed by atoms with Crippen LogP contribution in [0.5, 0.6) is 0 Å². The second kappa shape index (κ2) is 7.62. The van der Waals surface area contributed by atoms with Crippen molar-refractivity contribution in [2.24, 2.45) is 0 Å². The lowest BCUT2D eigenvalue weighted by molar-refractivity contribution is -0.117. The molecule has 0 saturated heterocycles. The number of amides is 1. The number of anilines is 1.